The summed E-state index contributed by atoms with van der Waals surface area (Å²) < 4.78 is 4.38. The predicted octanol–water partition coefficient (Wildman–Crippen LogP) is -0.336. The number of rotatable bonds is 5. The van der Waals surface area contributed by atoms with Crippen molar-refractivity contribution in [3.8, 4) is 0 Å². The van der Waals surface area contributed by atoms with Gasteiger partial charge in [-0.3, -0.25) is 4.79 Å². The van der Waals surface area contributed by atoms with Gasteiger partial charge in [0, 0.05) is 7.05 Å². The molecule has 0 radical (unpaired) electrons. The normalized spacial score (nSPS) is 11.4. The van der Waals surface area contributed by atoms with E-state index in [9.17, 15) is 14.4 Å². The molecule has 0 rings (SSSR count). The second kappa shape index (κ2) is 6.65. The van der Waals surface area contributed by atoms with Crippen LogP contribution in [-0.4, -0.2) is 54.7 Å². The maximum absolute atomic E-state index is 11.3. The summed E-state index contributed by atoms with van der Waals surface area (Å²) in [5, 5.41) is 11.0. The molecule has 7 nitrogen and oxygen atoms in total. The number of likely N-dealkylation sites (N-methyl/N-ethyl adjacent to an activating group) is 1. The molecule has 0 saturated heterocycles. The van der Waals surface area contributed by atoms with Gasteiger partial charge in [0.2, 0.25) is 5.91 Å². The molecule has 16 heavy (non-hydrogen) atoms. The highest BCUT2D eigenvalue weighted by Crippen LogP contribution is 1.93. The van der Waals surface area contributed by atoms with E-state index in [0.29, 0.717) is 0 Å². The number of nitrogens with zero attached hydrogens (tertiary/aromatic N) is 1. The van der Waals surface area contributed by atoms with Crippen LogP contribution in [0.3, 0.4) is 0 Å². The maximum Gasteiger partial charge on any atom is 0.409 e. The molecular weight excluding hydrogens is 216 g/mol. The van der Waals surface area contributed by atoms with Crippen LogP contribution in [0.15, 0.2) is 0 Å². The lowest BCUT2D eigenvalue weighted by Crippen LogP contribution is -2.45. The number of nitrogens with one attached hydrogen (secondary N) is 1. The number of aliphatic carboxylic acids is 1. The molecule has 2 N–H and O–H groups in total. The quantitative estimate of drug-likeness (QED) is 0.676. The summed E-state index contributed by atoms with van der Waals surface area (Å²) in [5.74, 6) is -1.64. The molecule has 0 aliphatic carbocycles. The molecule has 0 fully saturated rings. The van der Waals surface area contributed by atoms with E-state index in [2.05, 4.69) is 10.1 Å². The molecule has 0 aromatic heterocycles. The number of hydrogen-bond acceptors (Lipinski definition) is 4. The minimum Gasteiger partial charge on any atom is -0.480 e. The second-order valence-electron chi connectivity index (χ2n) is 3.19. The Morgan fingerprint density at radius 2 is 2.00 bits per heavy atom. The van der Waals surface area contributed by atoms with Crippen molar-refractivity contribution in [1.82, 2.24) is 10.2 Å². The summed E-state index contributed by atoms with van der Waals surface area (Å²) in [6.45, 7) is 1.40. The molecule has 0 heterocycles. The lowest BCUT2D eigenvalue weighted by atomic mass is 10.2. The van der Waals surface area contributed by atoms with E-state index in [1.165, 1.54) is 14.2 Å². The monoisotopic (exact) mass is 232 g/mol. The molecule has 0 spiro atoms. The summed E-state index contributed by atoms with van der Waals surface area (Å²) >= 11 is 0. The Bertz CT molecular complexity index is 279. The molecule has 2 amide bonds. The number of hydrogen-bond donors (Lipinski definition) is 2. The first-order chi connectivity index (χ1) is 7.42. The van der Waals surface area contributed by atoms with Crippen molar-refractivity contribution < 1.29 is 24.2 Å². The van der Waals surface area contributed by atoms with Crippen molar-refractivity contribution in [3.63, 3.8) is 0 Å². The molecule has 0 aliphatic heterocycles. The van der Waals surface area contributed by atoms with Crippen LogP contribution in [0, 0.1) is 0 Å². The number of carbonyl (C=O) groups is 3. The molecule has 7 heteroatoms. The van der Waals surface area contributed by atoms with Gasteiger partial charge in [0.1, 0.15) is 12.6 Å². The number of methoxy groups -OCH3 is 1. The van der Waals surface area contributed by atoms with Gasteiger partial charge >= 0.3 is 12.1 Å². The fourth-order valence-electron chi connectivity index (χ4n) is 1.01. The minimum atomic E-state index is -1.10. The number of carbonyl (C=O) groups excluding carboxylic acids is 2. The van der Waals surface area contributed by atoms with E-state index in [1.54, 1.807) is 6.92 Å². The summed E-state index contributed by atoms with van der Waals surface area (Å²) in [6.07, 6.45) is -0.373. The Labute approximate surface area is 93.4 Å². The number of carboxylic acid groups (broad SMARTS) is 1. The van der Waals surface area contributed by atoms with Crippen LogP contribution in [0.1, 0.15) is 13.3 Å². The summed E-state index contributed by atoms with van der Waals surface area (Å²) in [6, 6.07) is -0.932. The maximum atomic E-state index is 11.3. The van der Waals surface area contributed by atoms with E-state index in [4.69, 9.17) is 5.11 Å². The van der Waals surface area contributed by atoms with Crippen molar-refractivity contribution in [2.75, 3.05) is 20.7 Å². The largest absolute Gasteiger partial charge is 0.480 e. The van der Waals surface area contributed by atoms with Crippen LogP contribution in [0.4, 0.5) is 4.79 Å². The first kappa shape index (κ1) is 14.2. The van der Waals surface area contributed by atoms with Crippen LogP contribution >= 0.6 is 0 Å². The third-order valence-electron chi connectivity index (χ3n) is 1.91. The lowest BCUT2D eigenvalue weighted by molar-refractivity contribution is -0.141. The molecule has 0 aromatic carbocycles. The van der Waals surface area contributed by atoms with Crippen molar-refractivity contribution in [2.45, 2.75) is 19.4 Å². The van der Waals surface area contributed by atoms with Gasteiger partial charge in [-0.05, 0) is 6.42 Å². The van der Waals surface area contributed by atoms with Crippen molar-refractivity contribution in [2.24, 2.45) is 0 Å². The molecule has 1 unspecified atom stereocenters. The Hall–Kier alpha value is -1.79. The van der Waals surface area contributed by atoms with E-state index in [0.717, 1.165) is 4.90 Å². The van der Waals surface area contributed by atoms with Crippen LogP contribution < -0.4 is 5.32 Å². The molecule has 0 aromatic rings. The van der Waals surface area contributed by atoms with E-state index >= 15 is 0 Å². The van der Waals surface area contributed by atoms with Crippen LogP contribution in [0.2, 0.25) is 0 Å². The molecular formula is C9H16N2O5. The predicted molar refractivity (Wildman–Crippen MR) is 54.9 cm³/mol. The molecule has 1 atom stereocenters. The lowest BCUT2D eigenvalue weighted by Gasteiger charge is -2.17. The van der Waals surface area contributed by atoms with Gasteiger partial charge in [-0.2, -0.15) is 0 Å². The highest BCUT2D eigenvalue weighted by atomic mass is 16.5. The fourth-order valence-corrected chi connectivity index (χ4v) is 1.01. The topological polar surface area (TPSA) is 95.9 Å². The van der Waals surface area contributed by atoms with Crippen LogP contribution in [-0.2, 0) is 14.3 Å². The Morgan fingerprint density at radius 3 is 2.38 bits per heavy atom. The van der Waals surface area contributed by atoms with Crippen LogP contribution in [0.5, 0.6) is 0 Å². The van der Waals surface area contributed by atoms with E-state index < -0.39 is 24.0 Å². The van der Waals surface area contributed by atoms with Gasteiger partial charge < -0.3 is 20.1 Å². The van der Waals surface area contributed by atoms with Gasteiger partial charge in [0.25, 0.3) is 0 Å². The molecule has 92 valence electrons. The number of ether oxygens (including phenoxy) is 1. The Morgan fingerprint density at radius 1 is 1.44 bits per heavy atom. The zero-order valence-corrected chi connectivity index (χ0v) is 9.52. The third-order valence-corrected chi connectivity index (χ3v) is 1.91. The van der Waals surface area contributed by atoms with Gasteiger partial charge in [-0.15, -0.1) is 0 Å². The fraction of sp³-hybridized carbons (Fsp3) is 0.667. The van der Waals surface area contributed by atoms with Gasteiger partial charge in [0.05, 0.1) is 7.11 Å². The highest BCUT2D eigenvalue weighted by Gasteiger charge is 2.19. The minimum absolute atomic E-state index is 0.240. The standard InChI is InChI=1S/C9H16N2O5/c1-4-6(8(13)14)10-7(12)5-11(2)9(15)16-3/h6H,4-5H2,1-3H3,(H,10,12)(H,13,14). The first-order valence-corrected chi connectivity index (χ1v) is 4.73. The molecule has 0 aliphatic rings. The summed E-state index contributed by atoms with van der Waals surface area (Å²) in [5.41, 5.74) is 0. The van der Waals surface area contributed by atoms with Crippen molar-refractivity contribution >= 4 is 18.0 Å². The van der Waals surface area contributed by atoms with Crippen molar-refractivity contribution in [3.05, 3.63) is 0 Å². The van der Waals surface area contributed by atoms with Crippen LogP contribution in [0.25, 0.3) is 0 Å². The smallest absolute Gasteiger partial charge is 0.409 e. The van der Waals surface area contributed by atoms with Gasteiger partial charge in [-0.25, -0.2) is 9.59 Å². The SMILES string of the molecule is CCC(NC(=O)CN(C)C(=O)OC)C(=O)O. The average Bonchev–Trinajstić information content (AvgIpc) is 2.23. The average molecular weight is 232 g/mol. The summed E-state index contributed by atoms with van der Waals surface area (Å²) in [4.78, 5) is 33.9. The van der Waals surface area contributed by atoms with Crippen molar-refractivity contribution in [1.29, 1.82) is 0 Å². The first-order valence-electron chi connectivity index (χ1n) is 4.73. The number of carboxylic acids is 1. The second-order valence-corrected chi connectivity index (χ2v) is 3.19. The molecule has 0 saturated carbocycles. The zero-order valence-electron chi connectivity index (χ0n) is 9.52. The Kier molecular flexibility index (Phi) is 5.91. The summed E-state index contributed by atoms with van der Waals surface area (Å²) in [7, 11) is 2.58. The third kappa shape index (κ3) is 4.63. The van der Waals surface area contributed by atoms with Gasteiger partial charge in [0.15, 0.2) is 0 Å². The zero-order chi connectivity index (χ0) is 12.7. The molecule has 0 bridgehead atoms. The highest BCUT2D eigenvalue weighted by molar-refractivity contribution is 5.86. The van der Waals surface area contributed by atoms with E-state index in [-0.39, 0.29) is 13.0 Å². The number of amides is 2. The van der Waals surface area contributed by atoms with Gasteiger partial charge in [-0.1, -0.05) is 6.92 Å². The Balaban J connectivity index is 4.17. The van der Waals surface area contributed by atoms with E-state index in [1.807, 2.05) is 0 Å².